The van der Waals surface area contributed by atoms with Gasteiger partial charge < -0.3 is 14.8 Å². The molecule has 0 spiro atoms. The van der Waals surface area contributed by atoms with Crippen molar-refractivity contribution < 1.29 is 14.3 Å². The molecule has 1 N–H and O–H groups in total. The summed E-state index contributed by atoms with van der Waals surface area (Å²) >= 11 is 0. The molecule has 0 saturated heterocycles. The zero-order chi connectivity index (χ0) is 16.7. The number of allylic oxidation sites excluding steroid dienone is 3. The van der Waals surface area contributed by atoms with Gasteiger partial charge in [-0.3, -0.25) is 4.79 Å². The molecule has 3 atom stereocenters. The van der Waals surface area contributed by atoms with Crippen LogP contribution < -0.4 is 10.1 Å². The highest BCUT2D eigenvalue weighted by molar-refractivity contribution is 5.76. The van der Waals surface area contributed by atoms with Crippen LogP contribution >= 0.6 is 0 Å². The van der Waals surface area contributed by atoms with E-state index in [1.54, 1.807) is 7.05 Å². The summed E-state index contributed by atoms with van der Waals surface area (Å²) in [5, 5.41) is 2.97. The smallest absolute Gasteiger partial charge is 0.323 e. The van der Waals surface area contributed by atoms with E-state index in [9.17, 15) is 4.79 Å². The summed E-state index contributed by atoms with van der Waals surface area (Å²) in [5.74, 6) is 1.50. The van der Waals surface area contributed by atoms with Crippen molar-refractivity contribution in [2.75, 3.05) is 20.8 Å². The quantitative estimate of drug-likeness (QED) is 0.786. The third-order valence-electron chi connectivity index (χ3n) is 4.20. The average molecular weight is 315 g/mol. The molecule has 2 unspecified atom stereocenters. The molecular weight excluding hydrogens is 290 g/mol. The highest BCUT2D eigenvalue weighted by atomic mass is 16.5. The van der Waals surface area contributed by atoms with E-state index in [2.05, 4.69) is 36.5 Å². The summed E-state index contributed by atoms with van der Waals surface area (Å²) in [6.45, 7) is 2.87. The van der Waals surface area contributed by atoms with Crippen LogP contribution in [0, 0.1) is 11.8 Å². The van der Waals surface area contributed by atoms with Gasteiger partial charge in [-0.15, -0.1) is 0 Å². The van der Waals surface area contributed by atoms with Crippen molar-refractivity contribution in [1.29, 1.82) is 0 Å². The number of hydrogen-bond donors (Lipinski definition) is 1. The van der Waals surface area contributed by atoms with Crippen molar-refractivity contribution in [2.24, 2.45) is 11.8 Å². The molecule has 0 aliphatic heterocycles. The fraction of sp³-hybridized carbons (Fsp3) is 0.421. The maximum Gasteiger partial charge on any atom is 0.323 e. The summed E-state index contributed by atoms with van der Waals surface area (Å²) in [6.07, 6.45) is 9.13. The van der Waals surface area contributed by atoms with Gasteiger partial charge in [0, 0.05) is 5.92 Å². The molecule has 0 aromatic heterocycles. The first-order chi connectivity index (χ1) is 11.1. The largest absolute Gasteiger partial charge is 0.493 e. The molecule has 0 saturated carbocycles. The SMILES string of the molecule is CN[C@@H](Cc1ccc(OCC2C=CC=CC2C)cc1)C(=O)OC. The third kappa shape index (κ3) is 4.96. The second kappa shape index (κ2) is 8.53. The first kappa shape index (κ1) is 17.3. The Labute approximate surface area is 138 Å². The molecule has 0 amide bonds. The van der Waals surface area contributed by atoms with Crippen molar-refractivity contribution in [3.63, 3.8) is 0 Å². The number of carbonyl (C=O) groups is 1. The summed E-state index contributed by atoms with van der Waals surface area (Å²) in [6, 6.07) is 7.55. The highest BCUT2D eigenvalue weighted by Gasteiger charge is 2.17. The monoisotopic (exact) mass is 315 g/mol. The van der Waals surface area contributed by atoms with E-state index in [-0.39, 0.29) is 12.0 Å². The van der Waals surface area contributed by atoms with Gasteiger partial charge in [-0.2, -0.15) is 0 Å². The predicted molar refractivity (Wildman–Crippen MR) is 91.4 cm³/mol. The van der Waals surface area contributed by atoms with Gasteiger partial charge in [-0.25, -0.2) is 0 Å². The van der Waals surface area contributed by atoms with Gasteiger partial charge >= 0.3 is 5.97 Å². The maximum atomic E-state index is 11.6. The summed E-state index contributed by atoms with van der Waals surface area (Å²) in [7, 11) is 3.16. The van der Waals surface area contributed by atoms with Crippen molar-refractivity contribution >= 4 is 5.97 Å². The second-order valence-electron chi connectivity index (χ2n) is 5.82. The first-order valence-corrected chi connectivity index (χ1v) is 7.96. The van der Waals surface area contributed by atoms with Crippen LogP contribution in [0.15, 0.2) is 48.6 Å². The van der Waals surface area contributed by atoms with Crippen LogP contribution in [0.4, 0.5) is 0 Å². The highest BCUT2D eigenvalue weighted by Crippen LogP contribution is 2.21. The Hall–Kier alpha value is -2.07. The van der Waals surface area contributed by atoms with E-state index < -0.39 is 0 Å². The zero-order valence-electron chi connectivity index (χ0n) is 14.0. The lowest BCUT2D eigenvalue weighted by Crippen LogP contribution is -2.36. The number of likely N-dealkylation sites (N-methyl/N-ethyl adjacent to an activating group) is 1. The molecule has 4 heteroatoms. The third-order valence-corrected chi connectivity index (χ3v) is 4.20. The lowest BCUT2D eigenvalue weighted by molar-refractivity contribution is -0.142. The van der Waals surface area contributed by atoms with E-state index in [4.69, 9.17) is 9.47 Å². The van der Waals surface area contributed by atoms with Crippen LogP contribution in [0.25, 0.3) is 0 Å². The normalized spacial score (nSPS) is 21.0. The zero-order valence-corrected chi connectivity index (χ0v) is 14.0. The second-order valence-corrected chi connectivity index (χ2v) is 5.82. The molecule has 1 aromatic carbocycles. The molecule has 1 aromatic rings. The summed E-state index contributed by atoms with van der Waals surface area (Å²) in [4.78, 5) is 11.6. The molecule has 0 fully saturated rings. The van der Waals surface area contributed by atoms with Gasteiger partial charge in [0.1, 0.15) is 11.8 Å². The lowest BCUT2D eigenvalue weighted by atomic mass is 9.91. The van der Waals surface area contributed by atoms with E-state index in [0.717, 1.165) is 11.3 Å². The molecule has 23 heavy (non-hydrogen) atoms. The van der Waals surface area contributed by atoms with E-state index >= 15 is 0 Å². The molecule has 0 radical (unpaired) electrons. The number of methoxy groups -OCH3 is 1. The molecule has 2 rings (SSSR count). The number of nitrogens with one attached hydrogen (secondary N) is 1. The van der Waals surface area contributed by atoms with Crippen LogP contribution in [0.3, 0.4) is 0 Å². The van der Waals surface area contributed by atoms with E-state index in [1.807, 2.05) is 24.3 Å². The Balaban J connectivity index is 1.88. The number of esters is 1. The van der Waals surface area contributed by atoms with Gasteiger partial charge in [-0.1, -0.05) is 43.4 Å². The van der Waals surface area contributed by atoms with E-state index in [1.165, 1.54) is 7.11 Å². The lowest BCUT2D eigenvalue weighted by Gasteiger charge is -2.20. The molecule has 4 nitrogen and oxygen atoms in total. The molecule has 0 bridgehead atoms. The molecule has 0 heterocycles. The number of rotatable bonds is 7. The van der Waals surface area contributed by atoms with Gasteiger partial charge in [0.15, 0.2) is 0 Å². The number of carbonyl (C=O) groups excluding carboxylic acids is 1. The van der Waals surface area contributed by atoms with Crippen molar-refractivity contribution in [3.05, 3.63) is 54.1 Å². The number of benzene rings is 1. The van der Waals surface area contributed by atoms with E-state index in [0.29, 0.717) is 24.9 Å². The van der Waals surface area contributed by atoms with Crippen LogP contribution in [0.2, 0.25) is 0 Å². The summed E-state index contributed by atoms with van der Waals surface area (Å²) < 4.78 is 10.7. The van der Waals surface area contributed by atoms with Crippen LogP contribution in [-0.4, -0.2) is 32.8 Å². The molecular formula is C19H25NO3. The Morgan fingerprint density at radius 2 is 1.91 bits per heavy atom. The van der Waals surface area contributed by atoms with Crippen molar-refractivity contribution in [2.45, 2.75) is 19.4 Å². The molecule has 124 valence electrons. The molecule has 1 aliphatic rings. The Morgan fingerprint density at radius 1 is 1.22 bits per heavy atom. The standard InChI is InChI=1S/C19H25NO3/c1-14-6-4-5-7-16(14)13-23-17-10-8-15(9-11-17)12-18(20-2)19(21)22-3/h4-11,14,16,18,20H,12-13H2,1-3H3/t14?,16?,18-/m0/s1. The average Bonchev–Trinajstić information content (AvgIpc) is 2.59. The minimum atomic E-state index is -0.327. The van der Waals surface area contributed by atoms with Gasteiger partial charge in [0.2, 0.25) is 0 Å². The number of hydrogen-bond acceptors (Lipinski definition) is 4. The Kier molecular flexibility index (Phi) is 6.41. The topological polar surface area (TPSA) is 47.6 Å². The van der Waals surface area contributed by atoms with Gasteiger partial charge in [0.25, 0.3) is 0 Å². The number of ether oxygens (including phenoxy) is 2. The van der Waals surface area contributed by atoms with Gasteiger partial charge in [-0.05, 0) is 37.1 Å². The van der Waals surface area contributed by atoms with Crippen molar-refractivity contribution in [1.82, 2.24) is 5.32 Å². The van der Waals surface area contributed by atoms with Crippen LogP contribution in [-0.2, 0) is 16.0 Å². The predicted octanol–water partition coefficient (Wildman–Crippen LogP) is 2.75. The maximum absolute atomic E-state index is 11.6. The van der Waals surface area contributed by atoms with Crippen LogP contribution in [0.1, 0.15) is 12.5 Å². The van der Waals surface area contributed by atoms with Crippen LogP contribution in [0.5, 0.6) is 5.75 Å². The fourth-order valence-electron chi connectivity index (χ4n) is 2.57. The van der Waals surface area contributed by atoms with Crippen molar-refractivity contribution in [3.8, 4) is 5.75 Å². The Bertz CT molecular complexity index is 562. The minimum Gasteiger partial charge on any atom is -0.493 e. The summed E-state index contributed by atoms with van der Waals surface area (Å²) in [5.41, 5.74) is 1.07. The minimum absolute atomic E-state index is 0.251. The fourth-order valence-corrected chi connectivity index (χ4v) is 2.57. The van der Waals surface area contributed by atoms with Gasteiger partial charge in [0.05, 0.1) is 13.7 Å². The molecule has 1 aliphatic carbocycles. The Morgan fingerprint density at radius 3 is 2.52 bits per heavy atom. The first-order valence-electron chi connectivity index (χ1n) is 7.96.